The zero-order valence-electron chi connectivity index (χ0n) is 11.6. The number of benzene rings is 1. The third-order valence-corrected chi connectivity index (χ3v) is 5.52. The van der Waals surface area contributed by atoms with Crippen LogP contribution in [0.25, 0.3) is 0 Å². The Morgan fingerprint density at radius 1 is 1.33 bits per heavy atom. The van der Waals surface area contributed by atoms with Crippen LogP contribution in [-0.4, -0.2) is 40.0 Å². The summed E-state index contributed by atoms with van der Waals surface area (Å²) in [5.74, 6) is 0.631. The largest absolute Gasteiger partial charge is 0.358 e. The smallest absolute Gasteiger partial charge is 0.327 e. The molecule has 0 saturated carbocycles. The van der Waals surface area contributed by atoms with Crippen molar-refractivity contribution >= 4 is 21.6 Å². The Labute approximate surface area is 127 Å². The summed E-state index contributed by atoms with van der Waals surface area (Å²) in [6.07, 6.45) is 0. The first-order chi connectivity index (χ1) is 9.93. The SMILES string of the molecule is C[NH+](C)CCSc1no[n+]([O-])c1S(=O)(=O)c1ccccc1. The minimum absolute atomic E-state index is 0.0397. The lowest BCUT2D eigenvalue weighted by Gasteiger charge is -2.04. The third kappa shape index (κ3) is 3.55. The van der Waals surface area contributed by atoms with Crippen LogP contribution in [0, 0.1) is 5.21 Å². The molecule has 0 amide bonds. The Kier molecular flexibility index (Phi) is 4.86. The standard InChI is InChI=1S/C12H15N3O4S2/c1-14(2)8-9-20-11-12(15(16)19-13-11)21(17,18)10-6-4-3-5-7-10/h3-7H,8-9H2,1-2H3/p+1. The molecule has 9 heteroatoms. The van der Waals surface area contributed by atoms with Crippen molar-refractivity contribution in [3.63, 3.8) is 0 Å². The molecule has 0 aliphatic heterocycles. The number of sulfone groups is 1. The fraction of sp³-hybridized carbons (Fsp3) is 0.333. The lowest BCUT2D eigenvalue weighted by Crippen LogP contribution is -3.06. The highest BCUT2D eigenvalue weighted by Gasteiger charge is 2.34. The molecule has 2 aromatic rings. The molecule has 0 saturated heterocycles. The topological polar surface area (TPSA) is 91.5 Å². The van der Waals surface area contributed by atoms with Crippen molar-refractivity contribution in [1.82, 2.24) is 5.16 Å². The van der Waals surface area contributed by atoms with Gasteiger partial charge in [0.1, 0.15) is 0 Å². The van der Waals surface area contributed by atoms with Gasteiger partial charge < -0.3 is 10.1 Å². The average Bonchev–Trinajstić information content (AvgIpc) is 2.81. The number of nitrogens with one attached hydrogen (secondary N) is 1. The first-order valence-corrected chi connectivity index (χ1v) is 8.71. The van der Waals surface area contributed by atoms with Crippen LogP contribution in [0.4, 0.5) is 0 Å². The first kappa shape index (κ1) is 15.8. The number of thioether (sulfide) groups is 1. The molecule has 114 valence electrons. The molecule has 21 heavy (non-hydrogen) atoms. The number of hydrogen-bond acceptors (Lipinski definition) is 6. The summed E-state index contributed by atoms with van der Waals surface area (Å²) in [6, 6.07) is 7.75. The molecule has 2 rings (SSSR count). The molecule has 1 aromatic carbocycles. The zero-order chi connectivity index (χ0) is 15.5. The zero-order valence-corrected chi connectivity index (χ0v) is 13.3. The van der Waals surface area contributed by atoms with E-state index in [2.05, 4.69) is 9.79 Å². The van der Waals surface area contributed by atoms with Crippen LogP contribution in [-0.2, 0) is 9.84 Å². The number of rotatable bonds is 6. The van der Waals surface area contributed by atoms with Crippen molar-refractivity contribution in [2.45, 2.75) is 14.9 Å². The molecule has 0 unspecified atom stereocenters. The molecule has 0 fully saturated rings. The second kappa shape index (κ2) is 6.46. The molecule has 0 spiro atoms. The van der Waals surface area contributed by atoms with Gasteiger partial charge >= 0.3 is 5.03 Å². The Balaban J connectivity index is 2.33. The molecule has 0 aliphatic carbocycles. The van der Waals surface area contributed by atoms with Crippen LogP contribution in [0.1, 0.15) is 0 Å². The van der Waals surface area contributed by atoms with Crippen LogP contribution in [0.2, 0.25) is 0 Å². The van der Waals surface area contributed by atoms with Crippen LogP contribution < -0.4 is 9.80 Å². The van der Waals surface area contributed by atoms with E-state index in [-0.39, 0.29) is 14.8 Å². The van der Waals surface area contributed by atoms with E-state index in [0.29, 0.717) is 5.75 Å². The highest BCUT2D eigenvalue weighted by Crippen LogP contribution is 2.26. The minimum Gasteiger partial charge on any atom is -0.358 e. The summed E-state index contributed by atoms with van der Waals surface area (Å²) in [4.78, 5) is 1.21. The maximum Gasteiger partial charge on any atom is 0.327 e. The maximum absolute atomic E-state index is 12.5. The molecule has 1 N–H and O–H groups in total. The number of aromatic nitrogens is 2. The van der Waals surface area contributed by atoms with Gasteiger partial charge in [-0.3, -0.25) is 4.63 Å². The van der Waals surface area contributed by atoms with Crippen LogP contribution in [0.3, 0.4) is 0 Å². The van der Waals surface area contributed by atoms with Crippen molar-refractivity contribution in [3.05, 3.63) is 35.5 Å². The van der Waals surface area contributed by atoms with E-state index in [0.717, 1.165) is 6.54 Å². The predicted octanol–water partition coefficient (Wildman–Crippen LogP) is -0.623. The fourth-order valence-corrected chi connectivity index (χ4v) is 4.32. The summed E-state index contributed by atoms with van der Waals surface area (Å²) in [5.41, 5.74) is 0. The van der Waals surface area contributed by atoms with Gasteiger partial charge in [0.2, 0.25) is 0 Å². The number of nitrogens with zero attached hydrogens (tertiary/aromatic N) is 2. The average molecular weight is 330 g/mol. The highest BCUT2D eigenvalue weighted by molar-refractivity contribution is 8.00. The number of hydrogen-bond donors (Lipinski definition) is 1. The van der Waals surface area contributed by atoms with E-state index in [9.17, 15) is 13.6 Å². The van der Waals surface area contributed by atoms with Crippen LogP contribution >= 0.6 is 11.8 Å². The van der Waals surface area contributed by atoms with Crippen molar-refractivity contribution in [1.29, 1.82) is 0 Å². The first-order valence-electron chi connectivity index (χ1n) is 6.24. The molecular weight excluding hydrogens is 314 g/mol. The summed E-state index contributed by atoms with van der Waals surface area (Å²) < 4.78 is 29.5. The van der Waals surface area contributed by atoms with Gasteiger partial charge in [0.15, 0.2) is 0 Å². The predicted molar refractivity (Wildman–Crippen MR) is 75.8 cm³/mol. The van der Waals surface area contributed by atoms with E-state index in [1.54, 1.807) is 18.2 Å². The maximum atomic E-state index is 12.5. The van der Waals surface area contributed by atoms with E-state index in [4.69, 9.17) is 0 Å². The molecular formula is C12H16N3O4S2+. The quantitative estimate of drug-likeness (QED) is 0.560. The van der Waals surface area contributed by atoms with E-state index in [1.165, 1.54) is 28.8 Å². The van der Waals surface area contributed by atoms with E-state index in [1.807, 2.05) is 14.1 Å². The normalized spacial score (nSPS) is 12.0. The van der Waals surface area contributed by atoms with Crippen LogP contribution in [0.5, 0.6) is 0 Å². The summed E-state index contributed by atoms with van der Waals surface area (Å²) in [5, 5.41) is 14.8. The third-order valence-electron chi connectivity index (χ3n) is 2.70. The second-order valence-corrected chi connectivity index (χ2v) is 7.61. The lowest BCUT2D eigenvalue weighted by atomic mass is 10.4. The number of quaternary nitrogens is 1. The molecule has 0 aliphatic rings. The molecule has 7 nitrogen and oxygen atoms in total. The van der Waals surface area contributed by atoms with Crippen molar-refractivity contribution < 1.29 is 22.8 Å². The monoisotopic (exact) mass is 330 g/mol. The van der Waals surface area contributed by atoms with Gasteiger partial charge in [0.05, 0.1) is 36.4 Å². The van der Waals surface area contributed by atoms with Gasteiger partial charge in [-0.2, -0.15) is 0 Å². The Morgan fingerprint density at radius 3 is 2.62 bits per heavy atom. The summed E-state index contributed by atoms with van der Waals surface area (Å²) in [7, 11) is 0.0287. The molecule has 1 heterocycles. The van der Waals surface area contributed by atoms with Gasteiger partial charge in [-0.05, 0) is 17.0 Å². The molecule has 0 bridgehead atoms. The van der Waals surface area contributed by atoms with Gasteiger partial charge in [-0.25, -0.2) is 8.42 Å². The summed E-state index contributed by atoms with van der Waals surface area (Å²) >= 11 is 1.19. The Hall–Kier alpha value is -1.58. The Bertz CT molecular complexity index is 699. The van der Waals surface area contributed by atoms with Gasteiger partial charge in [0.25, 0.3) is 14.9 Å². The van der Waals surface area contributed by atoms with Gasteiger partial charge in [-0.1, -0.05) is 30.0 Å². The molecule has 0 atom stereocenters. The van der Waals surface area contributed by atoms with Gasteiger partial charge in [-0.15, -0.1) is 0 Å². The van der Waals surface area contributed by atoms with Crippen molar-refractivity contribution in [2.24, 2.45) is 0 Å². The van der Waals surface area contributed by atoms with E-state index < -0.39 is 14.9 Å². The van der Waals surface area contributed by atoms with Crippen molar-refractivity contribution in [2.75, 3.05) is 26.4 Å². The lowest BCUT2D eigenvalue weighted by molar-refractivity contribution is -0.855. The van der Waals surface area contributed by atoms with E-state index >= 15 is 0 Å². The van der Waals surface area contributed by atoms with Gasteiger partial charge in [0, 0.05) is 0 Å². The highest BCUT2D eigenvalue weighted by atomic mass is 32.2. The van der Waals surface area contributed by atoms with Crippen LogP contribution in [0.15, 0.2) is 49.9 Å². The second-order valence-electron chi connectivity index (χ2n) is 4.66. The minimum atomic E-state index is -3.94. The Morgan fingerprint density at radius 2 is 2.00 bits per heavy atom. The molecule has 1 aromatic heterocycles. The summed E-state index contributed by atoms with van der Waals surface area (Å²) in [6.45, 7) is 0.807. The fourth-order valence-electron chi connectivity index (χ4n) is 1.59. The molecule has 0 radical (unpaired) electrons. The van der Waals surface area contributed by atoms with Crippen molar-refractivity contribution in [3.8, 4) is 0 Å².